The highest BCUT2D eigenvalue weighted by atomic mass is 35.5. The molecular weight excluding hydrogens is 363 g/mol. The minimum atomic E-state index is 0.0455. The van der Waals surface area contributed by atoms with E-state index < -0.39 is 0 Å². The molecular formula is C22H28Cl2N2. The highest BCUT2D eigenvalue weighted by Crippen LogP contribution is 2.24. The minimum absolute atomic E-state index is 0.0455. The van der Waals surface area contributed by atoms with Gasteiger partial charge in [-0.05, 0) is 54.7 Å². The summed E-state index contributed by atoms with van der Waals surface area (Å²) in [7, 11) is 0. The van der Waals surface area contributed by atoms with Gasteiger partial charge in [0, 0.05) is 28.3 Å². The van der Waals surface area contributed by atoms with E-state index in [0.717, 1.165) is 15.6 Å². The lowest BCUT2D eigenvalue weighted by Gasteiger charge is -2.32. The number of aliphatic imine (C=N–C) groups is 1. The molecule has 2 aromatic carbocycles. The Morgan fingerprint density at radius 2 is 1.31 bits per heavy atom. The van der Waals surface area contributed by atoms with Crippen molar-refractivity contribution >= 4 is 29.4 Å². The number of rotatable bonds is 6. The van der Waals surface area contributed by atoms with Crippen molar-refractivity contribution in [1.29, 1.82) is 0 Å². The molecule has 0 fully saturated rings. The van der Waals surface area contributed by atoms with Crippen LogP contribution in [0.15, 0.2) is 53.5 Å². The van der Waals surface area contributed by atoms with Gasteiger partial charge in [-0.3, -0.25) is 4.99 Å². The molecule has 0 aromatic heterocycles. The van der Waals surface area contributed by atoms with Crippen molar-refractivity contribution in [1.82, 2.24) is 5.32 Å². The second-order valence-corrected chi connectivity index (χ2v) is 8.68. The molecule has 0 saturated heterocycles. The van der Waals surface area contributed by atoms with Crippen LogP contribution in [0.1, 0.15) is 57.8 Å². The van der Waals surface area contributed by atoms with Crippen molar-refractivity contribution in [2.24, 2.45) is 10.4 Å². The Balaban J connectivity index is 2.11. The van der Waals surface area contributed by atoms with Gasteiger partial charge in [0.15, 0.2) is 0 Å². The molecule has 1 N–H and O–H groups in total. The number of nitrogens with one attached hydrogen (secondary N) is 1. The van der Waals surface area contributed by atoms with E-state index in [-0.39, 0.29) is 23.5 Å². The summed E-state index contributed by atoms with van der Waals surface area (Å²) in [5.74, 6) is 0. The fourth-order valence-corrected chi connectivity index (χ4v) is 2.93. The number of hydrogen-bond acceptors (Lipinski definition) is 2. The Morgan fingerprint density at radius 1 is 0.846 bits per heavy atom. The SMILES string of the molecule is C[C@H](N=CC(N[C@@H](C)c1ccc(Cl)cc1)C(C)(C)C)c1ccc(Cl)cc1. The zero-order valence-corrected chi connectivity index (χ0v) is 17.6. The van der Waals surface area contributed by atoms with Crippen molar-refractivity contribution in [2.45, 2.75) is 52.7 Å². The molecule has 2 rings (SSSR count). The van der Waals surface area contributed by atoms with Crippen molar-refractivity contribution < 1.29 is 0 Å². The van der Waals surface area contributed by atoms with E-state index in [1.807, 2.05) is 42.6 Å². The summed E-state index contributed by atoms with van der Waals surface area (Å²) in [6.07, 6.45) is 2.05. The fourth-order valence-electron chi connectivity index (χ4n) is 2.68. The average Bonchev–Trinajstić information content (AvgIpc) is 2.58. The van der Waals surface area contributed by atoms with Crippen molar-refractivity contribution in [3.63, 3.8) is 0 Å². The maximum Gasteiger partial charge on any atom is 0.0717 e. The zero-order chi connectivity index (χ0) is 19.3. The lowest BCUT2D eigenvalue weighted by molar-refractivity contribution is 0.314. The summed E-state index contributed by atoms with van der Waals surface area (Å²) in [5.41, 5.74) is 2.41. The van der Waals surface area contributed by atoms with Gasteiger partial charge >= 0.3 is 0 Å². The van der Waals surface area contributed by atoms with Crippen LogP contribution >= 0.6 is 23.2 Å². The summed E-state index contributed by atoms with van der Waals surface area (Å²) in [6, 6.07) is 16.3. The average molecular weight is 391 g/mol. The number of benzene rings is 2. The summed E-state index contributed by atoms with van der Waals surface area (Å²) in [6.45, 7) is 10.9. The van der Waals surface area contributed by atoms with E-state index in [9.17, 15) is 0 Å². The summed E-state index contributed by atoms with van der Waals surface area (Å²) in [5, 5.41) is 5.20. The smallest absolute Gasteiger partial charge is 0.0717 e. The second kappa shape index (κ2) is 9.03. The first-order valence-electron chi connectivity index (χ1n) is 8.97. The molecule has 0 heterocycles. The number of halogens is 2. The van der Waals surface area contributed by atoms with Crippen molar-refractivity contribution in [3.8, 4) is 0 Å². The largest absolute Gasteiger partial charge is 0.302 e. The summed E-state index contributed by atoms with van der Waals surface area (Å²) < 4.78 is 0. The van der Waals surface area contributed by atoms with Crippen molar-refractivity contribution in [3.05, 3.63) is 69.7 Å². The molecule has 2 nitrogen and oxygen atoms in total. The topological polar surface area (TPSA) is 24.4 Å². The Morgan fingerprint density at radius 3 is 1.77 bits per heavy atom. The molecule has 2 aromatic rings. The minimum Gasteiger partial charge on any atom is -0.302 e. The van der Waals surface area contributed by atoms with E-state index in [0.29, 0.717) is 0 Å². The zero-order valence-electron chi connectivity index (χ0n) is 16.1. The van der Waals surface area contributed by atoms with Crippen LogP contribution in [0.5, 0.6) is 0 Å². The molecule has 1 unspecified atom stereocenters. The van der Waals surface area contributed by atoms with E-state index in [1.165, 1.54) is 5.56 Å². The van der Waals surface area contributed by atoms with Gasteiger partial charge in [-0.15, -0.1) is 0 Å². The first-order valence-corrected chi connectivity index (χ1v) is 9.72. The van der Waals surface area contributed by atoms with E-state index >= 15 is 0 Å². The lowest BCUT2D eigenvalue weighted by Crippen LogP contribution is -2.43. The Labute approximate surface area is 167 Å². The molecule has 3 atom stereocenters. The van der Waals surface area contributed by atoms with Crippen molar-refractivity contribution in [2.75, 3.05) is 0 Å². The van der Waals surface area contributed by atoms with Crippen LogP contribution < -0.4 is 5.32 Å². The van der Waals surface area contributed by atoms with Gasteiger partial charge in [0.1, 0.15) is 0 Å². The van der Waals surface area contributed by atoms with Crippen LogP contribution in [0.3, 0.4) is 0 Å². The molecule has 0 aliphatic heterocycles. The van der Waals surface area contributed by atoms with E-state index in [4.69, 9.17) is 28.2 Å². The molecule has 0 saturated carbocycles. The van der Waals surface area contributed by atoms with Gasteiger partial charge in [-0.1, -0.05) is 68.2 Å². The highest BCUT2D eigenvalue weighted by Gasteiger charge is 2.25. The van der Waals surface area contributed by atoms with E-state index in [1.54, 1.807) is 0 Å². The summed E-state index contributed by atoms with van der Waals surface area (Å²) in [4.78, 5) is 4.80. The molecule has 0 radical (unpaired) electrons. The molecule has 0 spiro atoms. The second-order valence-electron chi connectivity index (χ2n) is 7.81. The monoisotopic (exact) mass is 390 g/mol. The molecule has 0 bridgehead atoms. The third-order valence-electron chi connectivity index (χ3n) is 4.54. The molecule has 0 aliphatic rings. The standard InChI is InChI=1S/C22H28Cl2N2/c1-15(17-6-10-19(23)11-7-17)25-14-21(22(3,4)5)26-16(2)18-8-12-20(24)13-9-18/h6-16,21,26H,1-5H3/t15-,16-,21?/m0/s1. The van der Waals surface area contributed by atoms with Crippen LogP contribution in [0.25, 0.3) is 0 Å². The molecule has 26 heavy (non-hydrogen) atoms. The predicted molar refractivity (Wildman–Crippen MR) is 115 cm³/mol. The molecule has 0 aliphatic carbocycles. The van der Waals surface area contributed by atoms with Gasteiger partial charge in [-0.2, -0.15) is 0 Å². The van der Waals surface area contributed by atoms with E-state index in [2.05, 4.69) is 52.1 Å². The van der Waals surface area contributed by atoms with Crippen LogP contribution in [-0.4, -0.2) is 12.3 Å². The molecule has 0 amide bonds. The quantitative estimate of drug-likeness (QED) is 0.533. The van der Waals surface area contributed by atoms with Gasteiger partial charge in [0.25, 0.3) is 0 Å². The fraction of sp³-hybridized carbons (Fsp3) is 0.409. The Hall–Kier alpha value is -1.35. The first kappa shape index (κ1) is 21.0. The van der Waals surface area contributed by atoms with Gasteiger partial charge in [0.05, 0.1) is 6.04 Å². The van der Waals surface area contributed by atoms with Crippen LogP contribution in [0.4, 0.5) is 0 Å². The molecule has 140 valence electrons. The van der Waals surface area contributed by atoms with Crippen LogP contribution in [0, 0.1) is 5.41 Å². The van der Waals surface area contributed by atoms with Gasteiger partial charge < -0.3 is 5.32 Å². The number of hydrogen-bond donors (Lipinski definition) is 1. The molecule has 4 heteroatoms. The lowest BCUT2D eigenvalue weighted by atomic mass is 9.86. The predicted octanol–water partition coefficient (Wildman–Crippen LogP) is 6.89. The highest BCUT2D eigenvalue weighted by molar-refractivity contribution is 6.30. The summed E-state index contributed by atoms with van der Waals surface area (Å²) >= 11 is 12.0. The third-order valence-corrected chi connectivity index (χ3v) is 5.05. The third kappa shape index (κ3) is 6.12. The normalized spacial score (nSPS) is 15.8. The van der Waals surface area contributed by atoms with Crippen LogP contribution in [-0.2, 0) is 0 Å². The maximum atomic E-state index is 6.00. The Kier molecular flexibility index (Phi) is 7.28. The van der Waals surface area contributed by atoms with Gasteiger partial charge in [-0.25, -0.2) is 0 Å². The number of nitrogens with zero attached hydrogens (tertiary/aromatic N) is 1. The maximum absolute atomic E-state index is 6.00. The van der Waals surface area contributed by atoms with Crippen LogP contribution in [0.2, 0.25) is 10.0 Å². The Bertz CT molecular complexity index is 715. The first-order chi connectivity index (χ1) is 12.2. The van der Waals surface area contributed by atoms with Gasteiger partial charge in [0.2, 0.25) is 0 Å².